The summed E-state index contributed by atoms with van der Waals surface area (Å²) in [6.07, 6.45) is 83.1. The lowest BCUT2D eigenvalue weighted by atomic mass is 10.0. The number of hydrogen-bond donors (Lipinski definition) is 0. The van der Waals surface area contributed by atoms with Gasteiger partial charge in [-0.05, 0) is 96.3 Å². The predicted octanol–water partition coefficient (Wildman–Crippen LogP) is 21.9. The number of esters is 3. The highest BCUT2D eigenvalue weighted by molar-refractivity contribution is 5.71. The van der Waals surface area contributed by atoms with Crippen LogP contribution in [0.4, 0.5) is 0 Å². The maximum absolute atomic E-state index is 12.9. The third-order valence-corrected chi connectivity index (χ3v) is 13.9. The summed E-state index contributed by atoms with van der Waals surface area (Å²) >= 11 is 0. The number of rotatable bonds is 58. The van der Waals surface area contributed by atoms with Crippen molar-refractivity contribution in [1.29, 1.82) is 0 Å². The quantitative estimate of drug-likeness (QED) is 0.0261. The lowest BCUT2D eigenvalue weighted by molar-refractivity contribution is -0.167. The molecule has 1 atom stereocenters. The Morgan fingerprint density at radius 2 is 0.520 bits per heavy atom. The van der Waals surface area contributed by atoms with E-state index in [1.54, 1.807) is 0 Å². The predicted molar refractivity (Wildman–Crippen MR) is 325 cm³/mol. The molecule has 0 aliphatic carbocycles. The normalized spacial score (nSPS) is 12.6. The summed E-state index contributed by atoms with van der Waals surface area (Å²) in [6.45, 7) is 6.52. The Kier molecular flexibility index (Phi) is 60.3. The molecule has 75 heavy (non-hydrogen) atoms. The summed E-state index contributed by atoms with van der Waals surface area (Å²) in [6, 6.07) is 0. The molecule has 0 aromatic heterocycles. The van der Waals surface area contributed by atoms with Crippen LogP contribution in [-0.4, -0.2) is 37.2 Å². The van der Waals surface area contributed by atoms with Crippen LogP contribution >= 0.6 is 0 Å². The van der Waals surface area contributed by atoms with Gasteiger partial charge < -0.3 is 14.2 Å². The first-order valence-corrected chi connectivity index (χ1v) is 32.1. The van der Waals surface area contributed by atoms with Crippen molar-refractivity contribution >= 4 is 17.9 Å². The SMILES string of the molecule is CC/C=C\C/C=C\C/C=C\C/C=C\C/C=C\C/C=C\CCCCCCCCCCCCCCC(=O)OCC(COC(=O)CCCCCCC/C=C\CCCCC)OC(=O)CCCCCCCCCCCCCCCC. The number of unbranched alkanes of at least 4 members (excludes halogenated alkanes) is 33. The van der Waals surface area contributed by atoms with Gasteiger partial charge in [-0.15, -0.1) is 0 Å². The standard InChI is InChI=1S/C69H120O6/c1-4-7-10-13-16-19-22-25-27-28-29-30-31-32-33-34-35-36-37-38-39-40-41-42-43-45-47-50-53-56-59-62-68(71)74-65-66(64-73-67(70)61-58-55-52-49-46-24-21-18-15-12-9-6-3)75-69(72)63-60-57-54-51-48-44-26-23-20-17-14-11-8-5-2/h7,10,16,18-19,21,25,27,29-30,32-33,35-36,66H,4-6,8-9,11-15,17,20,22-24,26,28,31,34,37-65H2,1-3H3/b10-7-,19-16-,21-18-,27-25-,30-29-,33-32-,36-35-. The summed E-state index contributed by atoms with van der Waals surface area (Å²) in [5, 5.41) is 0. The van der Waals surface area contributed by atoms with Gasteiger partial charge in [0.25, 0.3) is 0 Å². The van der Waals surface area contributed by atoms with E-state index in [0.717, 1.165) is 103 Å². The van der Waals surface area contributed by atoms with Crippen molar-refractivity contribution < 1.29 is 28.6 Å². The van der Waals surface area contributed by atoms with E-state index >= 15 is 0 Å². The Morgan fingerprint density at radius 3 is 0.853 bits per heavy atom. The first-order chi connectivity index (χ1) is 37.0. The van der Waals surface area contributed by atoms with Crippen LogP contribution in [0.5, 0.6) is 0 Å². The van der Waals surface area contributed by atoms with Crippen LogP contribution in [0.1, 0.15) is 316 Å². The van der Waals surface area contributed by atoms with Crippen molar-refractivity contribution in [3.63, 3.8) is 0 Å². The average molecular weight is 1050 g/mol. The summed E-state index contributed by atoms with van der Waals surface area (Å²) < 4.78 is 16.9. The fourth-order valence-electron chi connectivity index (χ4n) is 9.09. The average Bonchev–Trinajstić information content (AvgIpc) is 3.41. The Bertz CT molecular complexity index is 1430. The fraction of sp³-hybridized carbons (Fsp3) is 0.754. The van der Waals surface area contributed by atoms with Crippen LogP contribution in [0, 0.1) is 0 Å². The van der Waals surface area contributed by atoms with E-state index in [1.165, 1.54) is 173 Å². The van der Waals surface area contributed by atoms with E-state index in [4.69, 9.17) is 14.2 Å². The van der Waals surface area contributed by atoms with Crippen LogP contribution in [0.3, 0.4) is 0 Å². The molecule has 0 heterocycles. The molecule has 6 heteroatoms. The Hall–Kier alpha value is -3.41. The molecule has 0 spiro atoms. The molecule has 0 saturated heterocycles. The Labute approximate surface area is 465 Å². The maximum Gasteiger partial charge on any atom is 0.306 e. The molecule has 0 aromatic carbocycles. The van der Waals surface area contributed by atoms with Crippen molar-refractivity contribution in [1.82, 2.24) is 0 Å². The smallest absolute Gasteiger partial charge is 0.306 e. The zero-order valence-electron chi connectivity index (χ0n) is 49.6. The maximum atomic E-state index is 12.9. The van der Waals surface area contributed by atoms with Gasteiger partial charge in [-0.3, -0.25) is 14.4 Å². The van der Waals surface area contributed by atoms with Crippen molar-refractivity contribution in [2.75, 3.05) is 13.2 Å². The van der Waals surface area contributed by atoms with Crippen LogP contribution in [0.2, 0.25) is 0 Å². The van der Waals surface area contributed by atoms with Crippen molar-refractivity contribution in [3.05, 3.63) is 85.1 Å². The second kappa shape index (κ2) is 63.1. The van der Waals surface area contributed by atoms with Gasteiger partial charge in [-0.1, -0.05) is 286 Å². The second-order valence-electron chi connectivity index (χ2n) is 21.3. The summed E-state index contributed by atoms with van der Waals surface area (Å²) in [4.78, 5) is 38.2. The van der Waals surface area contributed by atoms with Gasteiger partial charge >= 0.3 is 17.9 Å². The van der Waals surface area contributed by atoms with E-state index in [9.17, 15) is 14.4 Å². The van der Waals surface area contributed by atoms with E-state index in [0.29, 0.717) is 19.3 Å². The highest BCUT2D eigenvalue weighted by Gasteiger charge is 2.19. The molecule has 0 aliphatic rings. The molecule has 0 bridgehead atoms. The Morgan fingerprint density at radius 1 is 0.280 bits per heavy atom. The third-order valence-electron chi connectivity index (χ3n) is 13.9. The van der Waals surface area contributed by atoms with Gasteiger partial charge in [0.05, 0.1) is 0 Å². The van der Waals surface area contributed by atoms with Crippen LogP contribution in [0.25, 0.3) is 0 Å². The van der Waals surface area contributed by atoms with Gasteiger partial charge in [-0.2, -0.15) is 0 Å². The number of carbonyl (C=O) groups excluding carboxylic acids is 3. The molecule has 0 N–H and O–H groups in total. The first-order valence-electron chi connectivity index (χ1n) is 32.1. The van der Waals surface area contributed by atoms with Gasteiger partial charge in [0, 0.05) is 19.3 Å². The van der Waals surface area contributed by atoms with E-state index < -0.39 is 6.10 Å². The second-order valence-corrected chi connectivity index (χ2v) is 21.3. The third kappa shape index (κ3) is 61.3. The molecule has 0 aromatic rings. The van der Waals surface area contributed by atoms with Crippen LogP contribution in [0.15, 0.2) is 85.1 Å². The molecule has 0 saturated carbocycles. The molecule has 0 rings (SSSR count). The Balaban J connectivity index is 4.18. The fourth-order valence-corrected chi connectivity index (χ4v) is 9.09. The molecule has 432 valence electrons. The van der Waals surface area contributed by atoms with Gasteiger partial charge in [0.1, 0.15) is 13.2 Å². The van der Waals surface area contributed by atoms with Crippen molar-refractivity contribution in [2.24, 2.45) is 0 Å². The molecule has 0 aliphatic heterocycles. The van der Waals surface area contributed by atoms with Crippen LogP contribution in [-0.2, 0) is 28.6 Å². The highest BCUT2D eigenvalue weighted by atomic mass is 16.6. The molecular weight excluding hydrogens is 925 g/mol. The number of carbonyl (C=O) groups is 3. The van der Waals surface area contributed by atoms with Crippen molar-refractivity contribution in [2.45, 2.75) is 322 Å². The summed E-state index contributed by atoms with van der Waals surface area (Å²) in [5.41, 5.74) is 0. The van der Waals surface area contributed by atoms with Crippen molar-refractivity contribution in [3.8, 4) is 0 Å². The van der Waals surface area contributed by atoms with Crippen LogP contribution < -0.4 is 0 Å². The topological polar surface area (TPSA) is 78.9 Å². The number of ether oxygens (including phenoxy) is 3. The number of allylic oxidation sites excluding steroid dienone is 14. The zero-order valence-corrected chi connectivity index (χ0v) is 49.6. The molecule has 6 nitrogen and oxygen atoms in total. The summed E-state index contributed by atoms with van der Waals surface area (Å²) in [5.74, 6) is -0.874. The monoisotopic (exact) mass is 1040 g/mol. The van der Waals surface area contributed by atoms with Gasteiger partial charge in [-0.25, -0.2) is 0 Å². The zero-order chi connectivity index (χ0) is 54.3. The van der Waals surface area contributed by atoms with E-state index in [1.807, 2.05) is 0 Å². The lowest BCUT2D eigenvalue weighted by Crippen LogP contribution is -2.30. The highest BCUT2D eigenvalue weighted by Crippen LogP contribution is 2.17. The lowest BCUT2D eigenvalue weighted by Gasteiger charge is -2.18. The molecular formula is C69H120O6. The molecule has 0 radical (unpaired) electrons. The minimum absolute atomic E-state index is 0.0763. The minimum atomic E-state index is -0.777. The van der Waals surface area contributed by atoms with E-state index in [2.05, 4.69) is 106 Å². The number of hydrogen-bond acceptors (Lipinski definition) is 6. The largest absolute Gasteiger partial charge is 0.462 e. The van der Waals surface area contributed by atoms with E-state index in [-0.39, 0.29) is 31.1 Å². The molecule has 0 amide bonds. The van der Waals surface area contributed by atoms with Gasteiger partial charge in [0.2, 0.25) is 0 Å². The first kappa shape index (κ1) is 71.6. The molecule has 1 unspecified atom stereocenters. The summed E-state index contributed by atoms with van der Waals surface area (Å²) in [7, 11) is 0. The minimum Gasteiger partial charge on any atom is -0.462 e. The van der Waals surface area contributed by atoms with Gasteiger partial charge in [0.15, 0.2) is 6.10 Å². The molecule has 0 fully saturated rings.